The summed E-state index contributed by atoms with van der Waals surface area (Å²) in [7, 11) is 0. The van der Waals surface area contributed by atoms with Gasteiger partial charge in [0.1, 0.15) is 5.82 Å². The monoisotopic (exact) mass is 293 g/mol. The molecule has 0 radical (unpaired) electrons. The number of hydrogen-bond acceptors (Lipinski definition) is 1. The Balaban J connectivity index is 1.43. The molecule has 0 heterocycles. The summed E-state index contributed by atoms with van der Waals surface area (Å²) in [6.07, 6.45) is 7.02. The predicted molar refractivity (Wildman–Crippen MR) is 79.1 cm³/mol. The van der Waals surface area contributed by atoms with Crippen LogP contribution in [0.1, 0.15) is 37.7 Å². The fourth-order valence-corrected chi connectivity index (χ4v) is 5.42. The van der Waals surface area contributed by atoms with Crippen LogP contribution in [0.5, 0.6) is 0 Å². The van der Waals surface area contributed by atoms with Gasteiger partial charge in [-0.25, -0.2) is 4.39 Å². The summed E-state index contributed by atoms with van der Waals surface area (Å²) in [5, 5.41) is 3.84. The number of benzene rings is 1. The van der Waals surface area contributed by atoms with Crippen LogP contribution in [-0.4, -0.2) is 6.04 Å². The molecule has 5 atom stereocenters. The maximum atomic E-state index is 13.9. The Labute approximate surface area is 124 Å². The lowest BCUT2D eigenvalue weighted by Gasteiger charge is -2.32. The summed E-state index contributed by atoms with van der Waals surface area (Å²) in [5.41, 5.74) is 0.697. The Kier molecular flexibility index (Phi) is 3.27. The van der Waals surface area contributed by atoms with Crippen LogP contribution in [0.25, 0.3) is 0 Å². The zero-order valence-corrected chi connectivity index (χ0v) is 12.4. The second kappa shape index (κ2) is 4.99. The third-order valence-electron chi connectivity index (χ3n) is 6.01. The number of halogens is 2. The lowest BCUT2D eigenvalue weighted by molar-refractivity contribution is 0.207. The highest BCUT2D eigenvalue weighted by atomic mass is 35.5. The van der Waals surface area contributed by atoms with Crippen molar-refractivity contribution < 1.29 is 4.39 Å². The first-order valence-electron chi connectivity index (χ1n) is 7.90. The molecule has 1 nitrogen and oxygen atoms in total. The minimum atomic E-state index is -0.261. The second-order valence-corrected chi connectivity index (χ2v) is 7.26. The van der Waals surface area contributed by atoms with E-state index < -0.39 is 0 Å². The molecule has 0 saturated heterocycles. The fourth-order valence-electron chi connectivity index (χ4n) is 5.23. The SMILES string of the molecule is Fc1c(Cl)cccc1CNC1CC2CC1C1CCCC21. The minimum absolute atomic E-state index is 0.230. The lowest BCUT2D eigenvalue weighted by Crippen LogP contribution is -2.39. The minimum Gasteiger partial charge on any atom is -0.310 e. The van der Waals surface area contributed by atoms with Gasteiger partial charge in [-0.2, -0.15) is 0 Å². The van der Waals surface area contributed by atoms with Gasteiger partial charge in [0.25, 0.3) is 0 Å². The van der Waals surface area contributed by atoms with Gasteiger partial charge in [0.2, 0.25) is 0 Å². The van der Waals surface area contributed by atoms with Gasteiger partial charge >= 0.3 is 0 Å². The van der Waals surface area contributed by atoms with E-state index in [2.05, 4.69) is 5.32 Å². The van der Waals surface area contributed by atoms with Crippen LogP contribution >= 0.6 is 11.6 Å². The number of hydrogen-bond donors (Lipinski definition) is 1. The highest BCUT2D eigenvalue weighted by molar-refractivity contribution is 6.30. The van der Waals surface area contributed by atoms with Crippen molar-refractivity contribution in [1.82, 2.24) is 5.32 Å². The van der Waals surface area contributed by atoms with E-state index in [1.54, 1.807) is 6.07 Å². The van der Waals surface area contributed by atoms with Crippen LogP contribution in [0, 0.1) is 29.5 Å². The van der Waals surface area contributed by atoms with Gasteiger partial charge in [-0.3, -0.25) is 0 Å². The first kappa shape index (κ1) is 13.1. The quantitative estimate of drug-likeness (QED) is 0.871. The van der Waals surface area contributed by atoms with Gasteiger partial charge in [-0.05, 0) is 55.4 Å². The Morgan fingerprint density at radius 2 is 2.00 bits per heavy atom. The van der Waals surface area contributed by atoms with E-state index in [-0.39, 0.29) is 10.8 Å². The Hall–Kier alpha value is -0.600. The van der Waals surface area contributed by atoms with Gasteiger partial charge in [0.15, 0.2) is 0 Å². The van der Waals surface area contributed by atoms with E-state index in [1.807, 2.05) is 12.1 Å². The van der Waals surface area contributed by atoms with Crippen molar-refractivity contribution in [2.24, 2.45) is 23.7 Å². The molecule has 3 aliphatic carbocycles. The second-order valence-electron chi connectivity index (χ2n) is 6.85. The van der Waals surface area contributed by atoms with E-state index in [1.165, 1.54) is 32.1 Å². The van der Waals surface area contributed by atoms with Crippen molar-refractivity contribution in [3.05, 3.63) is 34.6 Å². The first-order chi connectivity index (χ1) is 9.74. The summed E-state index contributed by atoms with van der Waals surface area (Å²) in [6.45, 7) is 0.609. The summed E-state index contributed by atoms with van der Waals surface area (Å²) in [6, 6.07) is 5.87. The molecule has 0 spiro atoms. The summed E-state index contributed by atoms with van der Waals surface area (Å²) < 4.78 is 13.9. The maximum Gasteiger partial charge on any atom is 0.146 e. The van der Waals surface area contributed by atoms with E-state index in [0.29, 0.717) is 18.2 Å². The molecule has 3 heteroatoms. The fraction of sp³-hybridized carbons (Fsp3) is 0.647. The molecule has 0 aromatic heterocycles. The van der Waals surface area contributed by atoms with Crippen LogP contribution in [0.15, 0.2) is 18.2 Å². The predicted octanol–water partition coefficient (Wildman–Crippen LogP) is 4.39. The van der Waals surface area contributed by atoms with Gasteiger partial charge in [-0.15, -0.1) is 0 Å². The third-order valence-corrected chi connectivity index (χ3v) is 6.31. The van der Waals surface area contributed by atoms with E-state index in [4.69, 9.17) is 11.6 Å². The molecule has 4 rings (SSSR count). The molecule has 3 fully saturated rings. The van der Waals surface area contributed by atoms with E-state index in [0.717, 1.165) is 23.7 Å². The molecule has 0 aliphatic heterocycles. The summed E-state index contributed by atoms with van der Waals surface area (Å²) in [4.78, 5) is 0. The van der Waals surface area contributed by atoms with Crippen molar-refractivity contribution in [3.63, 3.8) is 0 Å². The maximum absolute atomic E-state index is 13.9. The van der Waals surface area contributed by atoms with Crippen molar-refractivity contribution in [1.29, 1.82) is 0 Å². The average molecular weight is 294 g/mol. The number of rotatable bonds is 3. The molecule has 2 bridgehead atoms. The zero-order chi connectivity index (χ0) is 13.7. The van der Waals surface area contributed by atoms with Crippen LogP contribution < -0.4 is 5.32 Å². The third kappa shape index (κ3) is 2.00. The molecular weight excluding hydrogens is 273 g/mol. The molecule has 108 valence electrons. The van der Waals surface area contributed by atoms with Crippen LogP contribution in [0.3, 0.4) is 0 Å². The van der Waals surface area contributed by atoms with E-state index in [9.17, 15) is 4.39 Å². The normalized spacial score (nSPS) is 38.4. The number of fused-ring (bicyclic) bond motifs is 5. The largest absolute Gasteiger partial charge is 0.310 e. The summed E-state index contributed by atoms with van der Waals surface area (Å²) in [5.74, 6) is 3.49. The number of nitrogens with one attached hydrogen (secondary N) is 1. The smallest absolute Gasteiger partial charge is 0.146 e. The van der Waals surface area contributed by atoms with Crippen molar-refractivity contribution in [2.75, 3.05) is 0 Å². The Morgan fingerprint density at radius 3 is 2.90 bits per heavy atom. The molecular formula is C17H21ClFN. The standard InChI is InChI=1S/C17H21ClFN/c18-15-6-1-3-10(17(15)19)9-20-16-8-11-7-14(16)13-5-2-4-12(11)13/h1,3,6,11-14,16,20H,2,4-5,7-9H2. The van der Waals surface area contributed by atoms with Crippen molar-refractivity contribution in [3.8, 4) is 0 Å². The van der Waals surface area contributed by atoms with E-state index >= 15 is 0 Å². The lowest BCUT2D eigenvalue weighted by atomic mass is 9.79. The molecule has 1 aromatic rings. The van der Waals surface area contributed by atoms with Gasteiger partial charge < -0.3 is 5.32 Å². The average Bonchev–Trinajstić information content (AvgIpc) is 3.11. The van der Waals surface area contributed by atoms with Crippen molar-refractivity contribution >= 4 is 11.6 Å². The summed E-state index contributed by atoms with van der Waals surface area (Å²) >= 11 is 5.84. The molecule has 3 saturated carbocycles. The van der Waals surface area contributed by atoms with Crippen LogP contribution in [0.2, 0.25) is 5.02 Å². The molecule has 1 N–H and O–H groups in total. The van der Waals surface area contributed by atoms with Crippen LogP contribution in [0.4, 0.5) is 4.39 Å². The first-order valence-corrected chi connectivity index (χ1v) is 8.28. The Morgan fingerprint density at radius 1 is 1.15 bits per heavy atom. The zero-order valence-electron chi connectivity index (χ0n) is 11.6. The molecule has 5 unspecified atom stereocenters. The van der Waals surface area contributed by atoms with Gasteiger partial charge in [-0.1, -0.05) is 30.2 Å². The van der Waals surface area contributed by atoms with Gasteiger partial charge in [0.05, 0.1) is 5.02 Å². The highest BCUT2D eigenvalue weighted by Crippen LogP contribution is 2.58. The molecule has 20 heavy (non-hydrogen) atoms. The topological polar surface area (TPSA) is 12.0 Å². The molecule has 1 aromatic carbocycles. The van der Waals surface area contributed by atoms with Gasteiger partial charge in [0, 0.05) is 18.2 Å². The Bertz CT molecular complexity index is 518. The molecule has 3 aliphatic rings. The highest BCUT2D eigenvalue weighted by Gasteiger charge is 2.53. The molecule has 0 amide bonds. The van der Waals surface area contributed by atoms with Crippen molar-refractivity contribution in [2.45, 2.75) is 44.7 Å². The van der Waals surface area contributed by atoms with Crippen LogP contribution in [-0.2, 0) is 6.54 Å².